The van der Waals surface area contributed by atoms with E-state index in [2.05, 4.69) is 15.7 Å². The molecule has 0 radical (unpaired) electrons. The first-order valence-corrected chi connectivity index (χ1v) is 7.61. The van der Waals surface area contributed by atoms with E-state index in [0.717, 1.165) is 14.9 Å². The van der Waals surface area contributed by atoms with Crippen LogP contribution >= 0.6 is 0 Å². The summed E-state index contributed by atoms with van der Waals surface area (Å²) >= 11 is 0. The molecule has 0 unspecified atom stereocenters. The molecule has 0 fully saturated rings. The van der Waals surface area contributed by atoms with Gasteiger partial charge in [0.15, 0.2) is 0 Å². The number of hydrogen-bond acceptors (Lipinski definition) is 5. The Bertz CT molecular complexity index is 946. The molecule has 0 bridgehead atoms. The Balaban J connectivity index is 1.78. The van der Waals surface area contributed by atoms with E-state index in [1.54, 1.807) is 36.4 Å². The number of anilines is 1. The van der Waals surface area contributed by atoms with Crippen LogP contribution in [0, 0.1) is 6.92 Å². The van der Waals surface area contributed by atoms with E-state index < -0.39 is 11.6 Å². The predicted octanol–water partition coefficient (Wildman–Crippen LogP) is 1.38. The number of methoxy groups -OCH3 is 1. The monoisotopic (exact) mass is 339 g/mol. The van der Waals surface area contributed by atoms with Gasteiger partial charge in [-0.3, -0.25) is 4.79 Å². The van der Waals surface area contributed by atoms with Crippen LogP contribution in [0.1, 0.15) is 5.56 Å². The molecule has 1 amide bonds. The van der Waals surface area contributed by atoms with Crippen molar-refractivity contribution >= 4 is 11.6 Å². The van der Waals surface area contributed by atoms with Gasteiger partial charge < -0.3 is 10.1 Å². The second-order valence-electron chi connectivity index (χ2n) is 5.42. The Morgan fingerprint density at radius 1 is 1.16 bits per heavy atom. The Morgan fingerprint density at radius 2 is 1.92 bits per heavy atom. The van der Waals surface area contributed by atoms with Crippen molar-refractivity contribution in [3.8, 4) is 11.4 Å². The SMILES string of the molecule is COc1ccc(C)cc1NC(=O)Cn1nnn(-c2ccccc2)c1=O. The summed E-state index contributed by atoms with van der Waals surface area (Å²) < 4.78 is 7.37. The van der Waals surface area contributed by atoms with Crippen molar-refractivity contribution < 1.29 is 9.53 Å². The number of benzene rings is 2. The molecule has 0 aliphatic heterocycles. The lowest BCUT2D eigenvalue weighted by Crippen LogP contribution is -2.29. The fourth-order valence-corrected chi connectivity index (χ4v) is 2.35. The van der Waals surface area contributed by atoms with Crippen molar-refractivity contribution in [2.24, 2.45) is 0 Å². The molecular weight excluding hydrogens is 322 g/mol. The molecule has 0 atom stereocenters. The number of ether oxygens (including phenoxy) is 1. The van der Waals surface area contributed by atoms with E-state index >= 15 is 0 Å². The summed E-state index contributed by atoms with van der Waals surface area (Å²) in [7, 11) is 1.52. The molecule has 25 heavy (non-hydrogen) atoms. The Kier molecular flexibility index (Phi) is 4.60. The number of aromatic nitrogens is 4. The third-order valence-corrected chi connectivity index (χ3v) is 3.56. The molecule has 0 aliphatic carbocycles. The molecule has 8 nitrogen and oxygen atoms in total. The normalized spacial score (nSPS) is 10.5. The number of para-hydroxylation sites is 1. The first-order valence-electron chi connectivity index (χ1n) is 7.61. The summed E-state index contributed by atoms with van der Waals surface area (Å²) in [6, 6.07) is 14.3. The largest absolute Gasteiger partial charge is 0.495 e. The van der Waals surface area contributed by atoms with Gasteiger partial charge in [0.2, 0.25) is 5.91 Å². The smallest absolute Gasteiger partial charge is 0.368 e. The third-order valence-electron chi connectivity index (χ3n) is 3.56. The van der Waals surface area contributed by atoms with E-state index in [0.29, 0.717) is 17.1 Å². The van der Waals surface area contributed by atoms with Gasteiger partial charge in [-0.15, -0.1) is 0 Å². The van der Waals surface area contributed by atoms with Gasteiger partial charge in [-0.1, -0.05) is 24.3 Å². The zero-order valence-corrected chi connectivity index (χ0v) is 13.8. The van der Waals surface area contributed by atoms with Crippen molar-refractivity contribution in [1.29, 1.82) is 0 Å². The van der Waals surface area contributed by atoms with Crippen LogP contribution in [0.15, 0.2) is 53.3 Å². The van der Waals surface area contributed by atoms with E-state index in [4.69, 9.17) is 4.74 Å². The Labute approximate surface area is 143 Å². The minimum absolute atomic E-state index is 0.247. The van der Waals surface area contributed by atoms with Crippen LogP contribution in [-0.2, 0) is 11.3 Å². The zero-order chi connectivity index (χ0) is 17.8. The van der Waals surface area contributed by atoms with Crippen LogP contribution in [0.5, 0.6) is 5.75 Å². The van der Waals surface area contributed by atoms with Crippen molar-refractivity contribution in [2.75, 3.05) is 12.4 Å². The highest BCUT2D eigenvalue weighted by molar-refractivity contribution is 5.92. The lowest BCUT2D eigenvalue weighted by atomic mass is 10.2. The van der Waals surface area contributed by atoms with E-state index in [1.807, 2.05) is 19.1 Å². The number of aryl methyl sites for hydroxylation is 1. The Hall–Kier alpha value is -3.42. The van der Waals surface area contributed by atoms with Gasteiger partial charge in [-0.05, 0) is 47.2 Å². The molecular formula is C17H17N5O3. The third kappa shape index (κ3) is 3.57. The number of nitrogens with zero attached hydrogens (tertiary/aromatic N) is 4. The van der Waals surface area contributed by atoms with Gasteiger partial charge >= 0.3 is 5.69 Å². The topological polar surface area (TPSA) is 91.0 Å². The number of rotatable bonds is 5. The van der Waals surface area contributed by atoms with Gasteiger partial charge in [0.1, 0.15) is 12.3 Å². The standard InChI is InChI=1S/C17H17N5O3/c1-12-8-9-15(25-2)14(10-12)18-16(23)11-21-17(24)22(20-19-21)13-6-4-3-5-7-13/h3-10H,11H2,1-2H3,(H,18,23). The summed E-state index contributed by atoms with van der Waals surface area (Å²) in [5.41, 5.74) is 1.61. The predicted molar refractivity (Wildman–Crippen MR) is 92.0 cm³/mol. The van der Waals surface area contributed by atoms with Crippen molar-refractivity contribution in [1.82, 2.24) is 19.8 Å². The first kappa shape index (κ1) is 16.4. The molecule has 0 aliphatic rings. The van der Waals surface area contributed by atoms with Crippen molar-refractivity contribution in [3.63, 3.8) is 0 Å². The molecule has 0 saturated carbocycles. The fraction of sp³-hybridized carbons (Fsp3) is 0.176. The van der Waals surface area contributed by atoms with Gasteiger partial charge in [-0.25, -0.2) is 4.79 Å². The first-order chi connectivity index (χ1) is 12.1. The maximum atomic E-state index is 12.3. The fourth-order valence-electron chi connectivity index (χ4n) is 2.35. The van der Waals surface area contributed by atoms with Gasteiger partial charge in [0.05, 0.1) is 18.5 Å². The molecule has 0 saturated heterocycles. The molecule has 8 heteroatoms. The highest BCUT2D eigenvalue weighted by Crippen LogP contribution is 2.25. The van der Waals surface area contributed by atoms with Crippen LogP contribution in [0.25, 0.3) is 5.69 Å². The van der Waals surface area contributed by atoms with E-state index in [9.17, 15) is 9.59 Å². The van der Waals surface area contributed by atoms with E-state index in [1.165, 1.54) is 7.11 Å². The summed E-state index contributed by atoms with van der Waals surface area (Å²) in [6.45, 7) is 1.66. The van der Waals surface area contributed by atoms with Crippen LogP contribution in [0.2, 0.25) is 0 Å². The summed E-state index contributed by atoms with van der Waals surface area (Å²) in [5, 5.41) is 10.3. The second kappa shape index (κ2) is 7.00. The number of hydrogen-bond donors (Lipinski definition) is 1. The molecule has 128 valence electrons. The van der Waals surface area contributed by atoms with Crippen LogP contribution in [0.3, 0.4) is 0 Å². The number of nitrogens with one attached hydrogen (secondary N) is 1. The van der Waals surface area contributed by atoms with E-state index in [-0.39, 0.29) is 6.54 Å². The quantitative estimate of drug-likeness (QED) is 0.758. The van der Waals surface area contributed by atoms with Crippen LogP contribution in [0.4, 0.5) is 5.69 Å². The van der Waals surface area contributed by atoms with Gasteiger partial charge in [0.25, 0.3) is 0 Å². The van der Waals surface area contributed by atoms with Crippen molar-refractivity contribution in [3.05, 3.63) is 64.6 Å². The highest BCUT2D eigenvalue weighted by atomic mass is 16.5. The molecule has 1 heterocycles. The second-order valence-corrected chi connectivity index (χ2v) is 5.42. The molecule has 1 aromatic heterocycles. The van der Waals surface area contributed by atoms with Gasteiger partial charge in [0, 0.05) is 0 Å². The lowest BCUT2D eigenvalue weighted by Gasteiger charge is -2.10. The Morgan fingerprint density at radius 3 is 2.64 bits per heavy atom. The minimum Gasteiger partial charge on any atom is -0.495 e. The summed E-state index contributed by atoms with van der Waals surface area (Å²) in [5.74, 6) is 0.144. The molecule has 3 rings (SSSR count). The van der Waals surface area contributed by atoms with Crippen LogP contribution in [-0.4, -0.2) is 32.8 Å². The molecule has 1 N–H and O–H groups in total. The van der Waals surface area contributed by atoms with Crippen molar-refractivity contribution in [2.45, 2.75) is 13.5 Å². The number of tetrazole rings is 1. The van der Waals surface area contributed by atoms with Gasteiger partial charge in [-0.2, -0.15) is 9.36 Å². The summed E-state index contributed by atoms with van der Waals surface area (Å²) in [6.07, 6.45) is 0. The maximum Gasteiger partial charge on any atom is 0.368 e. The average molecular weight is 339 g/mol. The van der Waals surface area contributed by atoms with Crippen LogP contribution < -0.4 is 15.7 Å². The highest BCUT2D eigenvalue weighted by Gasteiger charge is 2.13. The number of amides is 1. The minimum atomic E-state index is -0.488. The zero-order valence-electron chi connectivity index (χ0n) is 13.8. The number of carbonyl (C=O) groups excluding carboxylic acids is 1. The lowest BCUT2D eigenvalue weighted by molar-refractivity contribution is -0.117. The summed E-state index contributed by atoms with van der Waals surface area (Å²) in [4.78, 5) is 24.6. The maximum absolute atomic E-state index is 12.3. The molecule has 2 aromatic carbocycles. The molecule has 3 aromatic rings. The number of carbonyl (C=O) groups is 1. The molecule has 0 spiro atoms. The average Bonchev–Trinajstić information content (AvgIpc) is 2.96.